The minimum atomic E-state index is -3.38. The third-order valence-electron chi connectivity index (χ3n) is 6.62. The summed E-state index contributed by atoms with van der Waals surface area (Å²) in [6, 6.07) is 3.40. The highest BCUT2D eigenvalue weighted by Crippen LogP contribution is 2.38. The number of hydrogen-bond acceptors (Lipinski definition) is 9. The van der Waals surface area contributed by atoms with Crippen LogP contribution in [0.4, 0.5) is 17.6 Å². The molecule has 13 heteroatoms. The molecule has 3 aliphatic heterocycles. The number of nitrogens with zero attached hydrogens (tertiary/aromatic N) is 5. The molecule has 3 fully saturated rings. The lowest BCUT2D eigenvalue weighted by molar-refractivity contribution is 0.102. The van der Waals surface area contributed by atoms with Gasteiger partial charge in [0.15, 0.2) is 5.82 Å². The van der Waals surface area contributed by atoms with E-state index in [1.54, 1.807) is 20.7 Å². The van der Waals surface area contributed by atoms with Gasteiger partial charge in [-0.3, -0.25) is 5.10 Å². The number of aliphatic hydroxyl groups excluding tert-OH is 1. The largest absolute Gasteiger partial charge is 0.481 e. The summed E-state index contributed by atoms with van der Waals surface area (Å²) in [5.74, 6) is 1.82. The van der Waals surface area contributed by atoms with Crippen molar-refractivity contribution < 1.29 is 18.3 Å². The number of fused-ring (bicyclic) bond motifs is 2. The highest BCUT2D eigenvalue weighted by atomic mass is 32.2. The lowest BCUT2D eigenvalue weighted by atomic mass is 9.84. The number of aromatic nitrogens is 4. The average Bonchev–Trinajstić information content (AvgIpc) is 3.18. The number of hydrogen-bond donors (Lipinski definition) is 4. The zero-order valence-corrected chi connectivity index (χ0v) is 19.4. The van der Waals surface area contributed by atoms with Gasteiger partial charge >= 0.3 is 0 Å². The van der Waals surface area contributed by atoms with E-state index < -0.39 is 10.2 Å². The Hall–Kier alpha value is -2.48. The second-order valence-electron chi connectivity index (χ2n) is 8.82. The van der Waals surface area contributed by atoms with E-state index in [1.807, 2.05) is 0 Å². The molecular formula is C20H30N8O4S. The van der Waals surface area contributed by atoms with E-state index in [-0.39, 0.29) is 24.7 Å². The van der Waals surface area contributed by atoms with Gasteiger partial charge in [-0.05, 0) is 32.1 Å². The molecule has 5 heterocycles. The number of aliphatic hydroxyl groups is 1. The summed E-state index contributed by atoms with van der Waals surface area (Å²) in [6.07, 6.45) is 5.17. The third-order valence-corrected chi connectivity index (χ3v) is 8.76. The van der Waals surface area contributed by atoms with Crippen molar-refractivity contribution in [2.75, 3.05) is 30.8 Å². The number of anilines is 3. The van der Waals surface area contributed by atoms with E-state index >= 15 is 0 Å². The summed E-state index contributed by atoms with van der Waals surface area (Å²) in [4.78, 5) is 8.98. The first-order valence-electron chi connectivity index (χ1n) is 11.4. The Bertz CT molecular complexity index is 1080. The number of nitrogens with one attached hydrogen (secondary N) is 3. The molecule has 4 N–H and O–H groups in total. The molecule has 2 aromatic rings. The van der Waals surface area contributed by atoms with Crippen LogP contribution < -0.4 is 15.4 Å². The molecular weight excluding hydrogens is 448 g/mol. The molecule has 12 nitrogen and oxygen atoms in total. The van der Waals surface area contributed by atoms with E-state index in [0.717, 1.165) is 25.7 Å². The molecule has 3 aliphatic rings. The van der Waals surface area contributed by atoms with Gasteiger partial charge in [0.05, 0.1) is 19.4 Å². The van der Waals surface area contributed by atoms with Crippen molar-refractivity contribution in [3.8, 4) is 5.88 Å². The fraction of sp³-hybridized carbons (Fsp3) is 0.650. The summed E-state index contributed by atoms with van der Waals surface area (Å²) in [5, 5.41) is 22.5. The normalized spacial score (nSPS) is 25.9. The number of methoxy groups -OCH3 is 1. The predicted molar refractivity (Wildman–Crippen MR) is 121 cm³/mol. The molecule has 5 rings (SSSR count). The Morgan fingerprint density at radius 2 is 1.91 bits per heavy atom. The van der Waals surface area contributed by atoms with Crippen LogP contribution in [0.1, 0.15) is 44.2 Å². The topological polar surface area (TPSA) is 149 Å². The molecule has 0 saturated carbocycles. The first-order valence-corrected chi connectivity index (χ1v) is 12.8. The fourth-order valence-corrected chi connectivity index (χ4v) is 7.09. The van der Waals surface area contributed by atoms with Crippen molar-refractivity contribution >= 4 is 27.8 Å². The van der Waals surface area contributed by atoms with Crippen molar-refractivity contribution in [3.63, 3.8) is 0 Å². The number of piperidine rings is 2. The molecule has 2 aromatic heterocycles. The lowest BCUT2D eigenvalue weighted by Crippen LogP contribution is -2.62. The number of rotatable bonds is 8. The first kappa shape index (κ1) is 22.3. The number of aromatic amines is 1. The van der Waals surface area contributed by atoms with Crippen molar-refractivity contribution in [2.45, 2.75) is 63.3 Å². The molecule has 3 saturated heterocycles. The maximum Gasteiger partial charge on any atom is 0.282 e. The van der Waals surface area contributed by atoms with Gasteiger partial charge in [0.2, 0.25) is 11.8 Å². The predicted octanol–water partition coefficient (Wildman–Crippen LogP) is 1.19. The van der Waals surface area contributed by atoms with Crippen molar-refractivity contribution in [3.05, 3.63) is 17.8 Å². The second kappa shape index (κ2) is 9.05. The molecule has 180 valence electrons. The SMILES string of the molecule is COc1cc(Nc2cc(CO)[nH]n2)nc(NC2C[C@H]3CCC[C@@H](C2)N3S(=O)(=O)N2CCC2)n1. The van der Waals surface area contributed by atoms with E-state index in [0.29, 0.717) is 55.1 Å². The third kappa shape index (κ3) is 4.50. The molecule has 0 amide bonds. The van der Waals surface area contributed by atoms with Gasteiger partial charge in [0.25, 0.3) is 10.2 Å². The molecule has 1 unspecified atom stereocenters. The van der Waals surface area contributed by atoms with Gasteiger partial charge < -0.3 is 20.5 Å². The molecule has 0 radical (unpaired) electrons. The van der Waals surface area contributed by atoms with E-state index in [2.05, 4.69) is 30.8 Å². The van der Waals surface area contributed by atoms with Gasteiger partial charge in [-0.2, -0.15) is 32.1 Å². The van der Waals surface area contributed by atoms with Crippen LogP contribution in [-0.2, 0) is 16.8 Å². The van der Waals surface area contributed by atoms with E-state index in [4.69, 9.17) is 4.74 Å². The van der Waals surface area contributed by atoms with Crippen LogP contribution in [0.5, 0.6) is 5.88 Å². The van der Waals surface area contributed by atoms with Gasteiger partial charge in [-0.15, -0.1) is 0 Å². The summed E-state index contributed by atoms with van der Waals surface area (Å²) >= 11 is 0. The van der Waals surface area contributed by atoms with Crippen LogP contribution in [-0.4, -0.2) is 80.6 Å². The van der Waals surface area contributed by atoms with Gasteiger partial charge in [-0.25, -0.2) is 0 Å². The molecule has 0 spiro atoms. The Labute approximate surface area is 192 Å². The van der Waals surface area contributed by atoms with Crippen LogP contribution in [0.3, 0.4) is 0 Å². The maximum absolute atomic E-state index is 13.1. The first-order chi connectivity index (χ1) is 16.0. The molecule has 3 atom stereocenters. The number of ether oxygens (including phenoxy) is 1. The minimum Gasteiger partial charge on any atom is -0.481 e. The Morgan fingerprint density at radius 3 is 2.52 bits per heavy atom. The van der Waals surface area contributed by atoms with E-state index in [1.165, 1.54) is 7.11 Å². The number of H-pyrrole nitrogens is 1. The Kier molecular flexibility index (Phi) is 6.12. The minimum absolute atomic E-state index is 0.00948. The van der Waals surface area contributed by atoms with Crippen molar-refractivity contribution in [1.82, 2.24) is 28.8 Å². The second-order valence-corrected chi connectivity index (χ2v) is 10.7. The zero-order valence-electron chi connectivity index (χ0n) is 18.6. The lowest BCUT2D eigenvalue weighted by Gasteiger charge is -2.50. The molecule has 0 aromatic carbocycles. The monoisotopic (exact) mass is 478 g/mol. The summed E-state index contributed by atoms with van der Waals surface area (Å²) in [6.45, 7) is 1.12. The summed E-state index contributed by atoms with van der Waals surface area (Å²) in [5.41, 5.74) is 0.586. The van der Waals surface area contributed by atoms with Gasteiger partial charge in [-0.1, -0.05) is 6.42 Å². The van der Waals surface area contributed by atoms with Crippen LogP contribution in [0.25, 0.3) is 0 Å². The average molecular weight is 479 g/mol. The highest BCUT2D eigenvalue weighted by Gasteiger charge is 2.47. The van der Waals surface area contributed by atoms with Crippen LogP contribution >= 0.6 is 0 Å². The Morgan fingerprint density at radius 1 is 1.15 bits per heavy atom. The maximum atomic E-state index is 13.1. The highest BCUT2D eigenvalue weighted by molar-refractivity contribution is 7.86. The zero-order chi connectivity index (χ0) is 23.0. The van der Waals surface area contributed by atoms with Gasteiger partial charge in [0, 0.05) is 43.3 Å². The Balaban J connectivity index is 1.31. The molecule has 2 bridgehead atoms. The smallest absolute Gasteiger partial charge is 0.282 e. The van der Waals surface area contributed by atoms with Crippen molar-refractivity contribution in [2.24, 2.45) is 0 Å². The van der Waals surface area contributed by atoms with Crippen LogP contribution in [0.15, 0.2) is 12.1 Å². The quantitative estimate of drug-likeness (QED) is 0.439. The van der Waals surface area contributed by atoms with Crippen LogP contribution in [0, 0.1) is 0 Å². The van der Waals surface area contributed by atoms with Crippen molar-refractivity contribution in [1.29, 1.82) is 0 Å². The molecule has 0 aliphatic carbocycles. The van der Waals surface area contributed by atoms with Crippen LogP contribution in [0.2, 0.25) is 0 Å². The van der Waals surface area contributed by atoms with E-state index in [9.17, 15) is 13.5 Å². The summed E-state index contributed by atoms with van der Waals surface area (Å²) in [7, 11) is -1.84. The standard InChI is InChI=1S/C20H30N8O4S/c1-32-19-11-17(22-18-10-14(12-29)25-26-18)23-20(24-19)21-13-8-15-4-2-5-16(9-13)28(15)33(30,31)27-6-3-7-27/h10-11,13,15-16,29H,2-9,12H2,1H3,(H3,21,22,23,24,25,26)/t13?,15-,16+. The van der Waals surface area contributed by atoms with Gasteiger partial charge in [0.1, 0.15) is 5.82 Å². The summed E-state index contributed by atoms with van der Waals surface area (Å²) < 4.78 is 35.0. The fourth-order valence-electron chi connectivity index (χ4n) is 4.96. The molecule has 33 heavy (non-hydrogen) atoms.